The first kappa shape index (κ1) is 15.2. The fourth-order valence-corrected chi connectivity index (χ4v) is 4.85. The molecule has 0 atom stereocenters. The Labute approximate surface area is 129 Å². The molecular formula is C12H9F3N2O3S2. The zero-order chi connectivity index (χ0) is 16.1. The molecule has 0 radical (unpaired) electrons. The molecule has 1 aromatic carbocycles. The first-order chi connectivity index (χ1) is 10.3. The molecule has 10 heteroatoms. The number of hydrogen-bond acceptors (Lipinski definition) is 6. The van der Waals surface area contributed by atoms with Crippen molar-refractivity contribution in [3.63, 3.8) is 0 Å². The largest absolute Gasteiger partial charge is 0.418 e. The molecule has 0 amide bonds. The molecular weight excluding hydrogens is 341 g/mol. The SMILES string of the molecule is O=c1sc2c(C(F)(F)F)cc([N+](=O)[O-])c(N3CCCC3)c2s1. The number of nitro benzene ring substituents is 1. The van der Waals surface area contributed by atoms with Gasteiger partial charge in [-0.3, -0.25) is 14.9 Å². The van der Waals surface area contributed by atoms with Crippen molar-refractivity contribution in [1.29, 1.82) is 0 Å². The third kappa shape index (κ3) is 2.45. The molecule has 2 heterocycles. The first-order valence-corrected chi connectivity index (χ1v) is 7.99. The summed E-state index contributed by atoms with van der Waals surface area (Å²) in [4.78, 5) is 23.7. The molecule has 118 valence electrons. The Kier molecular flexibility index (Phi) is 3.60. The van der Waals surface area contributed by atoms with Crippen molar-refractivity contribution >= 4 is 43.4 Å². The molecule has 22 heavy (non-hydrogen) atoms. The summed E-state index contributed by atoms with van der Waals surface area (Å²) < 4.78 is 38.8. The number of halogens is 3. The zero-order valence-corrected chi connectivity index (χ0v) is 12.6. The van der Waals surface area contributed by atoms with E-state index in [0.29, 0.717) is 41.8 Å². The first-order valence-electron chi connectivity index (χ1n) is 6.36. The van der Waals surface area contributed by atoms with Gasteiger partial charge < -0.3 is 4.90 Å². The van der Waals surface area contributed by atoms with Crippen LogP contribution >= 0.6 is 22.7 Å². The van der Waals surface area contributed by atoms with E-state index in [1.54, 1.807) is 4.90 Å². The van der Waals surface area contributed by atoms with Gasteiger partial charge in [0.2, 0.25) is 0 Å². The summed E-state index contributed by atoms with van der Waals surface area (Å²) in [5.41, 5.74) is -1.55. The van der Waals surface area contributed by atoms with E-state index in [0.717, 1.165) is 12.8 Å². The maximum atomic E-state index is 13.2. The van der Waals surface area contributed by atoms with Crippen LogP contribution in [0, 0.1) is 10.1 Å². The van der Waals surface area contributed by atoms with Crippen molar-refractivity contribution in [2.24, 2.45) is 0 Å². The third-order valence-corrected chi connectivity index (χ3v) is 5.68. The van der Waals surface area contributed by atoms with Crippen LogP contribution in [0.3, 0.4) is 0 Å². The minimum absolute atomic E-state index is 0.0680. The monoisotopic (exact) mass is 350 g/mol. The topological polar surface area (TPSA) is 63.4 Å². The highest BCUT2D eigenvalue weighted by Crippen LogP contribution is 2.47. The number of nitro groups is 1. The van der Waals surface area contributed by atoms with Crippen molar-refractivity contribution in [3.8, 4) is 0 Å². The molecule has 1 aromatic heterocycles. The molecule has 2 aromatic rings. The second-order valence-corrected chi connectivity index (χ2v) is 7.08. The minimum Gasteiger partial charge on any atom is -0.365 e. The molecule has 1 saturated heterocycles. The average molecular weight is 350 g/mol. The van der Waals surface area contributed by atoms with E-state index in [4.69, 9.17) is 0 Å². The molecule has 0 unspecified atom stereocenters. The van der Waals surface area contributed by atoms with Crippen LogP contribution in [0.15, 0.2) is 10.9 Å². The molecule has 5 nitrogen and oxygen atoms in total. The normalized spacial score (nSPS) is 15.7. The number of anilines is 1. The smallest absolute Gasteiger partial charge is 0.365 e. The fraction of sp³-hybridized carbons (Fsp3) is 0.417. The Hall–Kier alpha value is -1.68. The van der Waals surface area contributed by atoms with Crippen LogP contribution in [0.1, 0.15) is 18.4 Å². The van der Waals surface area contributed by atoms with Crippen molar-refractivity contribution in [3.05, 3.63) is 30.6 Å². The van der Waals surface area contributed by atoms with E-state index < -0.39 is 26.4 Å². The van der Waals surface area contributed by atoms with Crippen molar-refractivity contribution in [2.75, 3.05) is 18.0 Å². The summed E-state index contributed by atoms with van der Waals surface area (Å²) in [5, 5.41) is 11.2. The van der Waals surface area contributed by atoms with Crippen LogP contribution in [-0.4, -0.2) is 18.0 Å². The molecule has 1 aliphatic rings. The predicted molar refractivity (Wildman–Crippen MR) is 79.1 cm³/mol. The molecule has 0 N–H and O–H groups in total. The minimum atomic E-state index is -4.74. The van der Waals surface area contributed by atoms with Crippen molar-refractivity contribution in [1.82, 2.24) is 0 Å². The highest BCUT2D eigenvalue weighted by molar-refractivity contribution is 7.36. The van der Waals surface area contributed by atoms with Gasteiger partial charge >= 0.3 is 6.18 Å². The third-order valence-electron chi connectivity index (χ3n) is 3.48. The van der Waals surface area contributed by atoms with Gasteiger partial charge in [0, 0.05) is 19.2 Å². The number of benzene rings is 1. The second kappa shape index (κ2) is 5.20. The summed E-state index contributed by atoms with van der Waals surface area (Å²) >= 11 is 1.14. The van der Waals surface area contributed by atoms with E-state index in [-0.39, 0.29) is 15.1 Å². The summed E-state index contributed by atoms with van der Waals surface area (Å²) in [6.45, 7) is 1.08. The molecule has 3 rings (SSSR count). The lowest BCUT2D eigenvalue weighted by molar-refractivity contribution is -0.384. The maximum Gasteiger partial charge on any atom is 0.418 e. The van der Waals surface area contributed by atoms with Gasteiger partial charge in [0.15, 0.2) is 0 Å². The number of rotatable bonds is 2. The van der Waals surface area contributed by atoms with Gasteiger partial charge in [0.1, 0.15) is 5.69 Å². The number of nitrogens with zero attached hydrogens (tertiary/aromatic N) is 2. The van der Waals surface area contributed by atoms with Gasteiger partial charge in [-0.25, -0.2) is 0 Å². The van der Waals surface area contributed by atoms with Crippen LogP contribution < -0.4 is 8.96 Å². The Balaban J connectivity index is 2.40. The summed E-state index contributed by atoms with van der Waals surface area (Å²) in [5.74, 6) is 0. The van der Waals surface area contributed by atoms with Gasteiger partial charge in [0.05, 0.1) is 19.9 Å². The van der Waals surface area contributed by atoms with E-state index in [1.807, 2.05) is 0 Å². The highest BCUT2D eigenvalue weighted by atomic mass is 32.2. The highest BCUT2D eigenvalue weighted by Gasteiger charge is 2.38. The second-order valence-electron chi connectivity index (χ2n) is 4.85. The Morgan fingerprint density at radius 3 is 2.32 bits per heavy atom. The molecule has 0 bridgehead atoms. The molecule has 1 aliphatic heterocycles. The zero-order valence-electron chi connectivity index (χ0n) is 11.0. The van der Waals surface area contributed by atoms with Crippen molar-refractivity contribution < 1.29 is 18.1 Å². The summed E-state index contributed by atoms with van der Waals surface area (Å²) in [7, 11) is 0. The van der Waals surface area contributed by atoms with Crippen LogP contribution in [0.2, 0.25) is 0 Å². The van der Waals surface area contributed by atoms with Gasteiger partial charge in [0.25, 0.3) is 9.74 Å². The number of fused-ring (bicyclic) bond motifs is 1. The van der Waals surface area contributed by atoms with Gasteiger partial charge in [-0.05, 0) is 12.8 Å². The van der Waals surface area contributed by atoms with Crippen LogP contribution in [0.5, 0.6) is 0 Å². The molecule has 0 saturated carbocycles. The molecule has 0 spiro atoms. The Morgan fingerprint density at radius 1 is 1.18 bits per heavy atom. The van der Waals surface area contributed by atoms with Crippen molar-refractivity contribution in [2.45, 2.75) is 19.0 Å². The van der Waals surface area contributed by atoms with E-state index >= 15 is 0 Å². The van der Waals surface area contributed by atoms with Gasteiger partial charge in [-0.1, -0.05) is 22.7 Å². The quantitative estimate of drug-likeness (QED) is 0.610. The van der Waals surface area contributed by atoms with Gasteiger partial charge in [-0.15, -0.1) is 0 Å². The van der Waals surface area contributed by atoms with Crippen LogP contribution in [0.25, 0.3) is 9.40 Å². The Morgan fingerprint density at radius 2 is 1.77 bits per heavy atom. The maximum absolute atomic E-state index is 13.2. The summed E-state index contributed by atoms with van der Waals surface area (Å²) in [6.07, 6.45) is -3.10. The van der Waals surface area contributed by atoms with Crippen LogP contribution in [-0.2, 0) is 6.18 Å². The van der Waals surface area contributed by atoms with E-state index in [1.165, 1.54) is 0 Å². The lowest BCUT2D eigenvalue weighted by Gasteiger charge is -2.19. The lowest BCUT2D eigenvalue weighted by atomic mass is 10.1. The standard InChI is InChI=1S/C12H9F3N2O3S2/c13-12(14,15)6-5-7(17(19)20)8(16-3-1-2-4-16)10-9(6)21-11(18)22-10/h5H,1-4H2. The predicted octanol–water partition coefficient (Wildman–Crippen LogP) is 3.85. The number of hydrogen-bond donors (Lipinski definition) is 0. The lowest BCUT2D eigenvalue weighted by Crippen LogP contribution is -2.20. The van der Waals surface area contributed by atoms with E-state index in [9.17, 15) is 28.1 Å². The van der Waals surface area contributed by atoms with E-state index in [2.05, 4.69) is 0 Å². The van der Waals surface area contributed by atoms with Gasteiger partial charge in [-0.2, -0.15) is 13.2 Å². The number of alkyl halides is 3. The fourth-order valence-electron chi connectivity index (χ4n) is 2.60. The summed E-state index contributed by atoms with van der Waals surface area (Å²) in [6, 6.07) is 0.554. The van der Waals surface area contributed by atoms with Crippen LogP contribution in [0.4, 0.5) is 24.5 Å². The molecule has 0 aliphatic carbocycles. The molecule has 1 fully saturated rings. The average Bonchev–Trinajstić information content (AvgIpc) is 3.02. The Bertz CT molecular complexity index is 806.